The highest BCUT2D eigenvalue weighted by atomic mass is 28.4. The first-order chi connectivity index (χ1) is 10.6. The second-order valence-electron chi connectivity index (χ2n) is 8.44. The topological polar surface area (TPSA) is 26.3 Å². The van der Waals surface area contributed by atoms with Gasteiger partial charge >= 0.3 is 0 Å². The lowest BCUT2D eigenvalue weighted by Crippen LogP contribution is -2.48. The maximum atomic E-state index is 12.2. The Labute approximate surface area is 145 Å². The molecular formula is C20H38O2Si. The lowest BCUT2D eigenvalue weighted by Gasteiger charge is -2.45. The van der Waals surface area contributed by atoms with Crippen molar-refractivity contribution in [1.82, 2.24) is 0 Å². The minimum absolute atomic E-state index is 0.195. The summed E-state index contributed by atoms with van der Waals surface area (Å²) in [5.41, 5.74) is 3.09. The van der Waals surface area contributed by atoms with E-state index >= 15 is 0 Å². The molecule has 2 atom stereocenters. The van der Waals surface area contributed by atoms with Crippen LogP contribution in [0, 0.1) is 11.8 Å². The van der Waals surface area contributed by atoms with Crippen molar-refractivity contribution >= 4 is 14.1 Å². The Balaban J connectivity index is 3.12. The summed E-state index contributed by atoms with van der Waals surface area (Å²) in [6.45, 7) is 20.4. The van der Waals surface area contributed by atoms with Crippen LogP contribution in [0.1, 0.15) is 81.6 Å². The molecule has 23 heavy (non-hydrogen) atoms. The molecule has 0 saturated carbocycles. The van der Waals surface area contributed by atoms with Crippen LogP contribution < -0.4 is 0 Å². The van der Waals surface area contributed by atoms with E-state index in [4.69, 9.17) is 4.43 Å². The molecule has 3 heteroatoms. The summed E-state index contributed by atoms with van der Waals surface area (Å²) in [6.07, 6.45) is 2.48. The van der Waals surface area contributed by atoms with Crippen molar-refractivity contribution in [2.75, 3.05) is 0 Å². The zero-order valence-corrected chi connectivity index (χ0v) is 17.8. The zero-order chi connectivity index (χ0) is 17.9. The second-order valence-corrected chi connectivity index (χ2v) is 13.8. The Morgan fingerprint density at radius 3 is 1.96 bits per heavy atom. The van der Waals surface area contributed by atoms with E-state index < -0.39 is 8.32 Å². The third-order valence-corrected chi connectivity index (χ3v) is 12.0. The van der Waals surface area contributed by atoms with E-state index in [9.17, 15) is 4.79 Å². The molecule has 0 radical (unpaired) electrons. The molecule has 0 saturated heterocycles. The van der Waals surface area contributed by atoms with Gasteiger partial charge in [-0.3, -0.25) is 4.79 Å². The first kappa shape index (κ1) is 20.5. The molecule has 1 aliphatic carbocycles. The number of Topliss-reactive ketones (excluding diaryl/α,β-unsaturated/α-hetero) is 1. The van der Waals surface area contributed by atoms with Crippen LogP contribution in [-0.2, 0) is 9.22 Å². The van der Waals surface area contributed by atoms with E-state index in [-0.39, 0.29) is 5.92 Å². The first-order valence-electron chi connectivity index (χ1n) is 9.48. The molecule has 1 rings (SSSR count). The molecule has 0 amide bonds. The van der Waals surface area contributed by atoms with E-state index in [1.165, 1.54) is 11.3 Å². The fraction of sp³-hybridized carbons (Fsp3) is 0.850. The molecule has 0 aromatic carbocycles. The summed E-state index contributed by atoms with van der Waals surface area (Å²) >= 11 is 0. The monoisotopic (exact) mass is 338 g/mol. The third-order valence-electron chi connectivity index (χ3n) is 5.97. The maximum absolute atomic E-state index is 12.2. The van der Waals surface area contributed by atoms with E-state index in [0.29, 0.717) is 34.7 Å². The third kappa shape index (κ3) is 4.10. The molecule has 0 aliphatic heterocycles. The summed E-state index contributed by atoms with van der Waals surface area (Å²) < 4.78 is 6.91. The summed E-state index contributed by atoms with van der Waals surface area (Å²) in [6, 6.07) is 0. The van der Waals surface area contributed by atoms with Gasteiger partial charge in [0.2, 0.25) is 0 Å². The Hall–Kier alpha value is -0.573. The Kier molecular flexibility index (Phi) is 7.12. The van der Waals surface area contributed by atoms with Crippen molar-refractivity contribution < 1.29 is 9.22 Å². The predicted molar refractivity (Wildman–Crippen MR) is 102 cm³/mol. The fourth-order valence-corrected chi connectivity index (χ4v) is 10.0. The molecular weight excluding hydrogens is 300 g/mol. The predicted octanol–water partition coefficient (Wildman–Crippen LogP) is 6.48. The van der Waals surface area contributed by atoms with Crippen molar-refractivity contribution in [3.63, 3.8) is 0 Å². The van der Waals surface area contributed by atoms with Gasteiger partial charge < -0.3 is 4.43 Å². The Morgan fingerprint density at radius 2 is 1.57 bits per heavy atom. The number of allylic oxidation sites excluding steroid dienone is 2. The van der Waals surface area contributed by atoms with Crippen molar-refractivity contribution in [2.24, 2.45) is 11.8 Å². The van der Waals surface area contributed by atoms with E-state index in [0.717, 1.165) is 12.8 Å². The minimum Gasteiger partial charge on any atom is -0.546 e. The minimum atomic E-state index is -1.89. The number of carbonyl (C=O) groups excluding carboxylic acids is 1. The van der Waals surface area contributed by atoms with Crippen molar-refractivity contribution in [3.05, 3.63) is 11.3 Å². The summed E-state index contributed by atoms with van der Waals surface area (Å²) in [4.78, 5) is 12.2. The van der Waals surface area contributed by atoms with E-state index in [2.05, 4.69) is 55.4 Å². The summed E-state index contributed by atoms with van der Waals surface area (Å²) in [7, 11) is -1.89. The van der Waals surface area contributed by atoms with Crippen molar-refractivity contribution in [3.8, 4) is 0 Å². The molecule has 134 valence electrons. The molecule has 0 unspecified atom stereocenters. The van der Waals surface area contributed by atoms with Crippen LogP contribution in [0.25, 0.3) is 0 Å². The quantitative estimate of drug-likeness (QED) is 0.497. The van der Waals surface area contributed by atoms with Crippen LogP contribution in [0.5, 0.6) is 0 Å². The number of ketones is 1. The molecule has 0 aromatic rings. The second kappa shape index (κ2) is 8.00. The highest BCUT2D eigenvalue weighted by Gasteiger charge is 2.48. The van der Waals surface area contributed by atoms with Crippen LogP contribution in [0.2, 0.25) is 16.6 Å². The lowest BCUT2D eigenvalue weighted by atomic mass is 9.77. The lowest BCUT2D eigenvalue weighted by molar-refractivity contribution is -0.124. The van der Waals surface area contributed by atoms with Gasteiger partial charge in [-0.2, -0.15) is 0 Å². The Morgan fingerprint density at radius 1 is 1.09 bits per heavy atom. The van der Waals surface area contributed by atoms with Crippen molar-refractivity contribution in [2.45, 2.75) is 98.2 Å². The van der Waals surface area contributed by atoms with Gasteiger partial charge in [-0.05, 0) is 41.5 Å². The number of rotatable bonds is 7. The zero-order valence-electron chi connectivity index (χ0n) is 16.8. The van der Waals surface area contributed by atoms with Gasteiger partial charge in [-0.25, -0.2) is 0 Å². The molecule has 1 aliphatic rings. The largest absolute Gasteiger partial charge is 0.546 e. The van der Waals surface area contributed by atoms with Gasteiger partial charge in [0.25, 0.3) is 8.32 Å². The van der Waals surface area contributed by atoms with Gasteiger partial charge in [-0.1, -0.05) is 55.4 Å². The molecule has 2 nitrogen and oxygen atoms in total. The van der Waals surface area contributed by atoms with E-state index in [1.807, 2.05) is 6.92 Å². The molecule has 0 bridgehead atoms. The molecule has 0 fully saturated rings. The van der Waals surface area contributed by atoms with Gasteiger partial charge in [-0.15, -0.1) is 0 Å². The Bertz CT molecular complexity index is 427. The fourth-order valence-electron chi connectivity index (χ4n) is 4.64. The molecule has 0 heterocycles. The van der Waals surface area contributed by atoms with Crippen LogP contribution in [0.4, 0.5) is 0 Å². The van der Waals surface area contributed by atoms with Crippen LogP contribution in [-0.4, -0.2) is 14.1 Å². The van der Waals surface area contributed by atoms with E-state index in [1.54, 1.807) is 0 Å². The van der Waals surface area contributed by atoms with Crippen LogP contribution >= 0.6 is 0 Å². The average Bonchev–Trinajstić information content (AvgIpc) is 2.45. The number of hydrogen-bond donors (Lipinski definition) is 0. The van der Waals surface area contributed by atoms with Gasteiger partial charge in [0.15, 0.2) is 0 Å². The average molecular weight is 339 g/mol. The van der Waals surface area contributed by atoms with Crippen LogP contribution in [0.3, 0.4) is 0 Å². The van der Waals surface area contributed by atoms with Gasteiger partial charge in [0, 0.05) is 18.8 Å². The van der Waals surface area contributed by atoms with Gasteiger partial charge in [0.1, 0.15) is 5.78 Å². The molecule has 0 aromatic heterocycles. The van der Waals surface area contributed by atoms with Crippen LogP contribution in [0.15, 0.2) is 11.3 Å². The number of carbonyl (C=O) groups is 1. The highest BCUT2D eigenvalue weighted by Crippen LogP contribution is 2.46. The van der Waals surface area contributed by atoms with Crippen molar-refractivity contribution in [1.29, 1.82) is 0 Å². The highest BCUT2D eigenvalue weighted by molar-refractivity contribution is 6.77. The maximum Gasteiger partial charge on any atom is 0.258 e. The molecule has 0 spiro atoms. The standard InChI is InChI=1S/C20H38O2Si/c1-10-19(21)18-11-17(9)20(12-16(18)8)22-23(13(2)3,14(4)5)15(6)7/h13-16,18H,10-12H2,1-9H3/t16-,18+/m0/s1. The summed E-state index contributed by atoms with van der Waals surface area (Å²) in [5, 5.41) is 0. The normalized spacial score (nSPS) is 23.1. The number of hydrogen-bond acceptors (Lipinski definition) is 2. The SMILES string of the molecule is CCC(=O)[C@@H]1CC(C)=C(O[Si](C(C)C)(C(C)C)C(C)C)C[C@@H]1C. The molecule has 0 N–H and O–H groups in total. The summed E-state index contributed by atoms with van der Waals surface area (Å²) in [5.74, 6) is 2.22. The van der Waals surface area contributed by atoms with Gasteiger partial charge in [0.05, 0.1) is 5.76 Å². The first-order valence-corrected chi connectivity index (χ1v) is 11.6. The smallest absolute Gasteiger partial charge is 0.258 e.